The Morgan fingerprint density at radius 3 is 2.87 bits per heavy atom. The van der Waals surface area contributed by atoms with Gasteiger partial charge in [0.25, 0.3) is 0 Å². The molecular formula is C23H25ClFNO3S. The third-order valence-corrected chi connectivity index (χ3v) is 7.46. The van der Waals surface area contributed by atoms with Crippen LogP contribution in [0.5, 0.6) is 0 Å². The number of halogens is 2. The minimum absolute atomic E-state index is 0.0166. The topological polar surface area (TPSA) is 46.6 Å². The molecule has 2 aromatic rings. The molecule has 0 saturated carbocycles. The predicted octanol–water partition coefficient (Wildman–Crippen LogP) is 4.69. The predicted molar refractivity (Wildman–Crippen MR) is 116 cm³/mol. The largest absolute Gasteiger partial charge is 0.380 e. The molecule has 2 aliphatic rings. The fourth-order valence-corrected chi connectivity index (χ4v) is 5.33. The number of hydrogen-bond donors (Lipinski definition) is 0. The van der Waals surface area contributed by atoms with Crippen molar-refractivity contribution < 1.29 is 18.7 Å². The lowest BCUT2D eigenvalue weighted by Gasteiger charge is -2.25. The first kappa shape index (κ1) is 21.6. The Balaban J connectivity index is 1.52. The van der Waals surface area contributed by atoms with Crippen LogP contribution in [0.25, 0.3) is 0 Å². The van der Waals surface area contributed by atoms with Crippen molar-refractivity contribution in [2.45, 2.75) is 31.9 Å². The SMILES string of the molecule is CN1CCc2ccc(CC(=O)C3(CC(=O)c4ccc(Cl)s4)CCOC3)cc2C(F)C1. The molecule has 1 aromatic carbocycles. The molecule has 3 heterocycles. The van der Waals surface area contributed by atoms with Gasteiger partial charge in [0, 0.05) is 32.5 Å². The van der Waals surface area contributed by atoms with Crippen molar-refractivity contribution in [1.29, 1.82) is 0 Å². The zero-order chi connectivity index (χ0) is 21.3. The van der Waals surface area contributed by atoms with E-state index >= 15 is 0 Å². The summed E-state index contributed by atoms with van der Waals surface area (Å²) in [6.07, 6.45) is 0.562. The number of carbonyl (C=O) groups excluding carboxylic acids is 2. The monoisotopic (exact) mass is 449 g/mol. The Labute approximate surface area is 185 Å². The molecule has 0 aliphatic carbocycles. The maximum atomic E-state index is 14.7. The van der Waals surface area contributed by atoms with Crippen molar-refractivity contribution in [3.05, 3.63) is 56.2 Å². The van der Waals surface area contributed by atoms with Gasteiger partial charge in [-0.3, -0.25) is 9.59 Å². The maximum Gasteiger partial charge on any atom is 0.173 e. The first-order valence-corrected chi connectivity index (χ1v) is 11.4. The van der Waals surface area contributed by atoms with Gasteiger partial charge in [-0.05, 0) is 48.7 Å². The molecule has 30 heavy (non-hydrogen) atoms. The standard InChI is InChI=1S/C23H25ClFNO3S/c1-26-8-6-16-3-2-15(10-17(16)18(25)13-26)11-21(28)23(7-9-29-14-23)12-19(27)20-4-5-22(24)30-20/h2-5,10,18H,6-9,11-14H2,1H3. The van der Waals surface area contributed by atoms with Crippen molar-refractivity contribution in [2.24, 2.45) is 5.41 Å². The highest BCUT2D eigenvalue weighted by atomic mass is 35.5. The number of hydrogen-bond acceptors (Lipinski definition) is 5. The molecule has 0 spiro atoms. The van der Waals surface area contributed by atoms with Crippen LogP contribution in [-0.2, 0) is 22.4 Å². The van der Waals surface area contributed by atoms with Gasteiger partial charge in [0.1, 0.15) is 12.0 Å². The molecule has 0 bridgehead atoms. The third-order valence-electron chi connectivity index (χ3n) is 6.19. The van der Waals surface area contributed by atoms with E-state index in [0.717, 1.165) is 24.1 Å². The van der Waals surface area contributed by atoms with Gasteiger partial charge in [-0.15, -0.1) is 11.3 Å². The molecule has 0 radical (unpaired) electrons. The highest BCUT2D eigenvalue weighted by molar-refractivity contribution is 7.18. The van der Waals surface area contributed by atoms with Gasteiger partial charge in [-0.2, -0.15) is 0 Å². The van der Waals surface area contributed by atoms with E-state index < -0.39 is 11.6 Å². The van der Waals surface area contributed by atoms with Crippen LogP contribution in [0.15, 0.2) is 30.3 Å². The molecule has 2 aliphatic heterocycles. The second kappa shape index (κ2) is 8.87. The zero-order valence-corrected chi connectivity index (χ0v) is 18.5. The van der Waals surface area contributed by atoms with E-state index in [1.165, 1.54) is 11.3 Å². The number of rotatable bonds is 6. The van der Waals surface area contributed by atoms with Gasteiger partial charge in [0.2, 0.25) is 0 Å². The average molecular weight is 450 g/mol. The van der Waals surface area contributed by atoms with Gasteiger partial charge in [-0.1, -0.05) is 29.8 Å². The van der Waals surface area contributed by atoms with Crippen LogP contribution in [0.3, 0.4) is 0 Å². The van der Waals surface area contributed by atoms with E-state index in [2.05, 4.69) is 0 Å². The van der Waals surface area contributed by atoms with Gasteiger partial charge >= 0.3 is 0 Å². The summed E-state index contributed by atoms with van der Waals surface area (Å²) >= 11 is 7.19. The summed E-state index contributed by atoms with van der Waals surface area (Å²) in [5.41, 5.74) is 1.66. The summed E-state index contributed by atoms with van der Waals surface area (Å²) in [5, 5.41) is 0. The number of ether oxygens (including phenoxy) is 1. The van der Waals surface area contributed by atoms with Crippen LogP contribution in [0.2, 0.25) is 4.34 Å². The maximum absolute atomic E-state index is 14.7. The third kappa shape index (κ3) is 4.52. The number of ketones is 2. The van der Waals surface area contributed by atoms with Gasteiger partial charge < -0.3 is 9.64 Å². The van der Waals surface area contributed by atoms with Crippen molar-refractivity contribution in [3.63, 3.8) is 0 Å². The number of nitrogens with zero attached hydrogens (tertiary/aromatic N) is 1. The van der Waals surface area contributed by atoms with Gasteiger partial charge in [0.15, 0.2) is 5.78 Å². The van der Waals surface area contributed by atoms with Crippen molar-refractivity contribution >= 4 is 34.5 Å². The van der Waals surface area contributed by atoms with E-state index in [1.807, 2.05) is 30.1 Å². The lowest BCUT2D eigenvalue weighted by atomic mass is 9.76. The number of carbonyl (C=O) groups is 2. The molecule has 2 unspecified atom stereocenters. The molecule has 0 N–H and O–H groups in total. The second-order valence-electron chi connectivity index (χ2n) is 8.40. The van der Waals surface area contributed by atoms with Gasteiger partial charge in [-0.25, -0.2) is 4.39 Å². The minimum atomic E-state index is -1.06. The van der Waals surface area contributed by atoms with Gasteiger partial charge in [0.05, 0.1) is 21.2 Å². The van der Waals surface area contributed by atoms with Crippen LogP contribution in [0.4, 0.5) is 4.39 Å². The summed E-state index contributed by atoms with van der Waals surface area (Å²) in [4.78, 5) is 28.6. The average Bonchev–Trinajstić information content (AvgIpc) is 3.33. The fraction of sp³-hybridized carbons (Fsp3) is 0.478. The Hall–Kier alpha value is -1.60. The summed E-state index contributed by atoms with van der Waals surface area (Å²) in [6, 6.07) is 9.09. The molecule has 4 nitrogen and oxygen atoms in total. The second-order valence-corrected chi connectivity index (χ2v) is 10.1. The lowest BCUT2D eigenvalue weighted by Crippen LogP contribution is -2.35. The van der Waals surface area contributed by atoms with E-state index in [0.29, 0.717) is 34.3 Å². The van der Waals surface area contributed by atoms with E-state index in [1.54, 1.807) is 12.1 Å². The van der Waals surface area contributed by atoms with Crippen LogP contribution in [0, 0.1) is 5.41 Å². The Kier molecular flexibility index (Phi) is 6.39. The molecule has 4 rings (SSSR count). The number of alkyl halides is 1. The van der Waals surface area contributed by atoms with Crippen LogP contribution >= 0.6 is 22.9 Å². The number of fused-ring (bicyclic) bond motifs is 1. The van der Waals surface area contributed by atoms with Crippen molar-refractivity contribution in [3.8, 4) is 0 Å². The van der Waals surface area contributed by atoms with Crippen LogP contribution in [0.1, 0.15) is 45.4 Å². The van der Waals surface area contributed by atoms with Crippen LogP contribution in [-0.4, -0.2) is 49.8 Å². The summed E-state index contributed by atoms with van der Waals surface area (Å²) in [6.45, 7) is 1.90. The number of thiophene rings is 1. The number of Topliss-reactive ketones (excluding diaryl/α,β-unsaturated/α-hetero) is 2. The number of benzene rings is 1. The summed E-state index contributed by atoms with van der Waals surface area (Å²) in [5.74, 6) is -0.100. The summed E-state index contributed by atoms with van der Waals surface area (Å²) < 4.78 is 20.8. The van der Waals surface area contributed by atoms with Crippen molar-refractivity contribution in [2.75, 3.05) is 33.4 Å². The smallest absolute Gasteiger partial charge is 0.173 e. The molecule has 1 saturated heterocycles. The molecule has 0 amide bonds. The van der Waals surface area contributed by atoms with E-state index in [4.69, 9.17) is 16.3 Å². The molecular weight excluding hydrogens is 425 g/mol. The molecule has 2 atom stereocenters. The van der Waals surface area contributed by atoms with Crippen LogP contribution < -0.4 is 0 Å². The Bertz CT molecular complexity index is 954. The Morgan fingerprint density at radius 2 is 2.17 bits per heavy atom. The fourth-order valence-electron chi connectivity index (χ4n) is 4.34. The molecule has 160 valence electrons. The molecule has 7 heteroatoms. The first-order chi connectivity index (χ1) is 14.4. The quantitative estimate of drug-likeness (QED) is 0.600. The minimum Gasteiger partial charge on any atom is -0.380 e. The summed E-state index contributed by atoms with van der Waals surface area (Å²) in [7, 11) is 1.92. The lowest BCUT2D eigenvalue weighted by molar-refractivity contribution is -0.128. The normalized spacial score (nSPS) is 24.4. The highest BCUT2D eigenvalue weighted by Gasteiger charge is 2.43. The zero-order valence-electron chi connectivity index (χ0n) is 17.0. The first-order valence-electron chi connectivity index (χ1n) is 10.2. The molecule has 1 aromatic heterocycles. The van der Waals surface area contributed by atoms with E-state index in [9.17, 15) is 14.0 Å². The van der Waals surface area contributed by atoms with Crippen molar-refractivity contribution in [1.82, 2.24) is 4.90 Å². The molecule has 1 fully saturated rings. The van der Waals surface area contributed by atoms with E-state index in [-0.39, 0.29) is 31.0 Å². The highest BCUT2D eigenvalue weighted by Crippen LogP contribution is 2.37. The number of likely N-dealkylation sites (N-methyl/N-ethyl adjacent to an activating group) is 1. The Morgan fingerprint density at radius 1 is 1.33 bits per heavy atom.